The molecule has 1 aromatic rings. The topological polar surface area (TPSA) is 57.0 Å². The highest BCUT2D eigenvalue weighted by atomic mass is 16.5. The normalized spacial score (nSPS) is 23.7. The summed E-state index contributed by atoms with van der Waals surface area (Å²) in [7, 11) is 0. The molecule has 1 aromatic carbocycles. The van der Waals surface area contributed by atoms with Crippen LogP contribution in [0.15, 0.2) is 18.2 Å². The highest BCUT2D eigenvalue weighted by Gasteiger charge is 2.38. The van der Waals surface area contributed by atoms with Crippen LogP contribution in [0.2, 0.25) is 0 Å². The van der Waals surface area contributed by atoms with Gasteiger partial charge in [-0.2, -0.15) is 0 Å². The van der Waals surface area contributed by atoms with E-state index in [-0.39, 0.29) is 6.10 Å². The monoisotopic (exact) mass is 320 g/mol. The van der Waals surface area contributed by atoms with Gasteiger partial charge in [-0.3, -0.25) is 4.90 Å². The molecule has 2 heterocycles. The first-order valence-electron chi connectivity index (χ1n) is 8.78. The fraction of sp³-hybridized carbons (Fsp3) is 0.667. The number of unbranched alkanes of at least 4 members (excludes halogenated alkanes) is 1. The van der Waals surface area contributed by atoms with E-state index in [0.29, 0.717) is 25.8 Å². The van der Waals surface area contributed by atoms with E-state index < -0.39 is 0 Å². The summed E-state index contributed by atoms with van der Waals surface area (Å²) < 4.78 is 17.9. The molecule has 23 heavy (non-hydrogen) atoms. The third-order valence-electron chi connectivity index (χ3n) is 4.57. The van der Waals surface area contributed by atoms with Crippen molar-refractivity contribution in [2.75, 3.05) is 39.5 Å². The van der Waals surface area contributed by atoms with Crippen LogP contribution in [0.5, 0.6) is 11.5 Å². The van der Waals surface area contributed by atoms with Crippen LogP contribution in [-0.2, 0) is 4.74 Å². The molecular weight excluding hydrogens is 292 g/mol. The van der Waals surface area contributed by atoms with Crippen molar-refractivity contribution in [2.45, 2.75) is 38.3 Å². The first kappa shape index (κ1) is 16.6. The smallest absolute Gasteiger partial charge is 0.125 e. The summed E-state index contributed by atoms with van der Waals surface area (Å²) in [6.07, 6.45) is 3.22. The third-order valence-corrected chi connectivity index (χ3v) is 4.57. The van der Waals surface area contributed by atoms with E-state index >= 15 is 0 Å². The molecule has 0 spiro atoms. The lowest BCUT2D eigenvalue weighted by Crippen LogP contribution is -2.52. The molecule has 128 valence electrons. The van der Waals surface area contributed by atoms with E-state index in [1.807, 2.05) is 12.1 Å². The van der Waals surface area contributed by atoms with Crippen LogP contribution in [-0.4, -0.2) is 50.4 Å². The lowest BCUT2D eigenvalue weighted by Gasteiger charge is -2.44. The van der Waals surface area contributed by atoms with Gasteiger partial charge in [0, 0.05) is 12.1 Å². The molecule has 1 saturated heterocycles. The van der Waals surface area contributed by atoms with Gasteiger partial charge in [-0.25, -0.2) is 0 Å². The zero-order valence-corrected chi connectivity index (χ0v) is 14.0. The summed E-state index contributed by atoms with van der Waals surface area (Å²) in [6, 6.07) is 6.38. The average molecular weight is 320 g/mol. The molecule has 1 fully saturated rings. The molecule has 2 atom stereocenters. The van der Waals surface area contributed by atoms with Crippen LogP contribution in [0.1, 0.15) is 37.9 Å². The van der Waals surface area contributed by atoms with Gasteiger partial charge in [0.25, 0.3) is 0 Å². The molecule has 5 nitrogen and oxygen atoms in total. The molecular formula is C18H28N2O3. The van der Waals surface area contributed by atoms with Crippen molar-refractivity contribution in [3.63, 3.8) is 0 Å². The van der Waals surface area contributed by atoms with E-state index in [4.69, 9.17) is 19.9 Å². The van der Waals surface area contributed by atoms with Gasteiger partial charge in [-0.05, 0) is 50.6 Å². The Kier molecular flexibility index (Phi) is 5.75. The number of benzene rings is 1. The number of ether oxygens (including phenoxy) is 3. The summed E-state index contributed by atoms with van der Waals surface area (Å²) in [5.41, 5.74) is 6.64. The van der Waals surface area contributed by atoms with E-state index in [1.54, 1.807) is 0 Å². The fourth-order valence-electron chi connectivity index (χ4n) is 3.40. The summed E-state index contributed by atoms with van der Waals surface area (Å²) in [4.78, 5) is 2.49. The number of fused-ring (bicyclic) bond motifs is 3. The Balaban J connectivity index is 1.72. The quantitative estimate of drug-likeness (QED) is 0.782. The van der Waals surface area contributed by atoms with Gasteiger partial charge in [0.05, 0.1) is 19.3 Å². The molecule has 0 saturated carbocycles. The summed E-state index contributed by atoms with van der Waals surface area (Å²) >= 11 is 0. The SMILES string of the molecule is CCCN1CCO[C@@H]2c3cc(OCCCCN)ccc3OC[C@H]21. The minimum Gasteiger partial charge on any atom is -0.494 e. The Morgan fingerprint density at radius 2 is 2.26 bits per heavy atom. The largest absolute Gasteiger partial charge is 0.494 e. The Bertz CT molecular complexity index is 507. The second-order valence-electron chi connectivity index (χ2n) is 6.25. The number of hydrogen-bond donors (Lipinski definition) is 1. The van der Waals surface area contributed by atoms with Crippen LogP contribution in [0.25, 0.3) is 0 Å². The molecule has 0 unspecified atom stereocenters. The Morgan fingerprint density at radius 1 is 1.35 bits per heavy atom. The predicted octanol–water partition coefficient (Wildman–Crippen LogP) is 2.35. The van der Waals surface area contributed by atoms with Gasteiger partial charge >= 0.3 is 0 Å². The van der Waals surface area contributed by atoms with E-state index in [9.17, 15) is 0 Å². The molecule has 2 aliphatic heterocycles. The van der Waals surface area contributed by atoms with Crippen LogP contribution in [0, 0.1) is 0 Å². The lowest BCUT2D eigenvalue weighted by atomic mass is 9.96. The Hall–Kier alpha value is -1.30. The van der Waals surface area contributed by atoms with Gasteiger partial charge in [0.15, 0.2) is 0 Å². The predicted molar refractivity (Wildman–Crippen MR) is 90.1 cm³/mol. The van der Waals surface area contributed by atoms with Crippen molar-refractivity contribution in [1.82, 2.24) is 4.90 Å². The Labute approximate surface area is 138 Å². The van der Waals surface area contributed by atoms with E-state index in [2.05, 4.69) is 17.9 Å². The summed E-state index contributed by atoms with van der Waals surface area (Å²) in [6.45, 7) is 7.20. The first-order chi connectivity index (χ1) is 11.3. The maximum Gasteiger partial charge on any atom is 0.125 e. The molecule has 0 amide bonds. The molecule has 3 rings (SSSR count). The highest BCUT2D eigenvalue weighted by molar-refractivity contribution is 5.44. The van der Waals surface area contributed by atoms with Gasteiger partial charge in [-0.1, -0.05) is 6.92 Å². The maximum atomic E-state index is 6.09. The number of rotatable bonds is 7. The van der Waals surface area contributed by atoms with E-state index in [1.165, 1.54) is 0 Å². The van der Waals surface area contributed by atoms with Crippen molar-refractivity contribution in [1.29, 1.82) is 0 Å². The molecule has 2 aliphatic rings. The number of hydrogen-bond acceptors (Lipinski definition) is 5. The third kappa shape index (κ3) is 3.79. The van der Waals surface area contributed by atoms with Gasteiger partial charge in [-0.15, -0.1) is 0 Å². The summed E-state index contributed by atoms with van der Waals surface area (Å²) in [5.74, 6) is 1.82. The molecule has 0 aromatic heterocycles. The standard InChI is InChI=1S/C18H28N2O3/c1-2-8-20-9-11-22-18-15-12-14(21-10-4-3-7-19)5-6-17(15)23-13-16(18)20/h5-6,12,16,18H,2-4,7-11,13,19H2,1H3/t16-,18-/m1/s1. The van der Waals surface area contributed by atoms with Crippen molar-refractivity contribution in [2.24, 2.45) is 5.73 Å². The second kappa shape index (κ2) is 7.99. The zero-order chi connectivity index (χ0) is 16.1. The van der Waals surface area contributed by atoms with Crippen LogP contribution in [0.3, 0.4) is 0 Å². The lowest BCUT2D eigenvalue weighted by molar-refractivity contribution is -0.0957. The number of nitrogens with zero attached hydrogens (tertiary/aromatic N) is 1. The molecule has 5 heteroatoms. The van der Waals surface area contributed by atoms with Gasteiger partial charge in [0.1, 0.15) is 24.2 Å². The minimum absolute atomic E-state index is 0.0895. The van der Waals surface area contributed by atoms with Crippen LogP contribution >= 0.6 is 0 Å². The fourth-order valence-corrected chi connectivity index (χ4v) is 3.40. The van der Waals surface area contributed by atoms with Crippen molar-refractivity contribution >= 4 is 0 Å². The first-order valence-corrected chi connectivity index (χ1v) is 8.78. The highest BCUT2D eigenvalue weighted by Crippen LogP contribution is 2.40. The molecule has 0 radical (unpaired) electrons. The van der Waals surface area contributed by atoms with Crippen LogP contribution in [0.4, 0.5) is 0 Å². The van der Waals surface area contributed by atoms with Crippen molar-refractivity contribution in [3.8, 4) is 11.5 Å². The van der Waals surface area contributed by atoms with Crippen molar-refractivity contribution < 1.29 is 14.2 Å². The zero-order valence-electron chi connectivity index (χ0n) is 14.0. The van der Waals surface area contributed by atoms with Crippen LogP contribution < -0.4 is 15.2 Å². The molecule has 0 aliphatic carbocycles. The molecule has 2 N–H and O–H groups in total. The number of morpholine rings is 1. The summed E-state index contributed by atoms with van der Waals surface area (Å²) in [5, 5.41) is 0. The average Bonchev–Trinajstić information content (AvgIpc) is 2.59. The number of nitrogens with two attached hydrogens (primary N) is 1. The minimum atomic E-state index is 0.0895. The van der Waals surface area contributed by atoms with E-state index in [0.717, 1.165) is 56.0 Å². The van der Waals surface area contributed by atoms with Gasteiger partial charge in [0.2, 0.25) is 0 Å². The van der Waals surface area contributed by atoms with Gasteiger partial charge < -0.3 is 19.9 Å². The molecule has 0 bridgehead atoms. The Morgan fingerprint density at radius 3 is 3.09 bits per heavy atom. The second-order valence-corrected chi connectivity index (χ2v) is 6.25. The maximum absolute atomic E-state index is 6.09. The van der Waals surface area contributed by atoms with Crippen molar-refractivity contribution in [3.05, 3.63) is 23.8 Å².